The van der Waals surface area contributed by atoms with Gasteiger partial charge in [0, 0.05) is 33.2 Å². The van der Waals surface area contributed by atoms with Crippen molar-refractivity contribution >= 4 is 46.5 Å². The highest BCUT2D eigenvalue weighted by Gasteiger charge is 2.32. The van der Waals surface area contributed by atoms with E-state index in [0.717, 1.165) is 23.4 Å². The van der Waals surface area contributed by atoms with Crippen LogP contribution in [-0.2, 0) is 9.59 Å². The average Bonchev–Trinajstić information content (AvgIpc) is 3.69. The van der Waals surface area contributed by atoms with Crippen molar-refractivity contribution in [3.8, 4) is 0 Å². The van der Waals surface area contributed by atoms with Crippen LogP contribution in [-0.4, -0.2) is 28.6 Å². The summed E-state index contributed by atoms with van der Waals surface area (Å²) in [6.07, 6.45) is 1.90. The fraction of sp³-hybridized carbons (Fsp3) is 0.185. The third kappa shape index (κ3) is 4.26. The van der Waals surface area contributed by atoms with E-state index in [1.54, 1.807) is 49.4 Å². The van der Waals surface area contributed by atoms with Crippen LogP contribution in [0.2, 0.25) is 0 Å². The highest BCUT2D eigenvalue weighted by atomic mass is 32.2. The summed E-state index contributed by atoms with van der Waals surface area (Å²) < 4.78 is 0. The lowest BCUT2D eigenvalue weighted by Crippen LogP contribution is -2.27. The maximum absolute atomic E-state index is 13.1. The van der Waals surface area contributed by atoms with Crippen LogP contribution in [0.25, 0.3) is 0 Å². The molecular weight excluding hydrogens is 448 g/mol. The van der Waals surface area contributed by atoms with Crippen LogP contribution >= 0.6 is 11.8 Å². The summed E-state index contributed by atoms with van der Waals surface area (Å²) in [7, 11) is 0. The van der Waals surface area contributed by atoms with Crippen molar-refractivity contribution in [2.24, 2.45) is 5.92 Å². The summed E-state index contributed by atoms with van der Waals surface area (Å²) in [5.74, 6) is -0.585. The van der Waals surface area contributed by atoms with Gasteiger partial charge in [0.25, 0.3) is 0 Å². The molecule has 34 heavy (non-hydrogen) atoms. The van der Waals surface area contributed by atoms with Gasteiger partial charge >= 0.3 is 0 Å². The second-order valence-corrected chi connectivity index (χ2v) is 9.88. The maximum atomic E-state index is 13.1. The van der Waals surface area contributed by atoms with E-state index in [2.05, 4.69) is 10.6 Å². The first-order valence-corrected chi connectivity index (χ1v) is 12.0. The number of thioether (sulfide) groups is 1. The Morgan fingerprint density at radius 3 is 2.15 bits per heavy atom. The molecule has 0 bridgehead atoms. The zero-order chi connectivity index (χ0) is 23.8. The molecule has 2 N–H and O–H groups in total. The molecule has 0 aliphatic heterocycles. The number of amides is 2. The van der Waals surface area contributed by atoms with Crippen molar-refractivity contribution < 1.29 is 19.2 Å². The number of carbonyl (C=O) groups is 4. The Morgan fingerprint density at radius 2 is 1.47 bits per heavy atom. The Bertz CT molecular complexity index is 1330. The first kappa shape index (κ1) is 22.1. The van der Waals surface area contributed by atoms with Crippen LogP contribution < -0.4 is 10.6 Å². The van der Waals surface area contributed by atoms with Gasteiger partial charge in [0.1, 0.15) is 0 Å². The Hall–Kier alpha value is -3.71. The summed E-state index contributed by atoms with van der Waals surface area (Å²) in [4.78, 5) is 51.8. The predicted molar refractivity (Wildman–Crippen MR) is 131 cm³/mol. The van der Waals surface area contributed by atoms with Crippen LogP contribution in [0, 0.1) is 5.92 Å². The molecule has 0 heterocycles. The van der Waals surface area contributed by atoms with Crippen LogP contribution in [0.15, 0.2) is 71.6 Å². The van der Waals surface area contributed by atoms with E-state index in [0.29, 0.717) is 22.4 Å². The fourth-order valence-electron chi connectivity index (χ4n) is 3.95. The van der Waals surface area contributed by atoms with Gasteiger partial charge in [-0.15, -0.1) is 11.8 Å². The molecule has 3 aromatic rings. The molecule has 2 aliphatic carbocycles. The molecule has 1 saturated carbocycles. The second-order valence-electron chi connectivity index (χ2n) is 8.47. The first-order chi connectivity index (χ1) is 16.4. The summed E-state index contributed by atoms with van der Waals surface area (Å²) in [5.41, 5.74) is 2.32. The largest absolute Gasteiger partial charge is 0.326 e. The van der Waals surface area contributed by atoms with E-state index in [1.807, 2.05) is 24.3 Å². The van der Waals surface area contributed by atoms with E-state index in [9.17, 15) is 19.2 Å². The molecule has 2 aliphatic rings. The third-order valence-electron chi connectivity index (χ3n) is 5.96. The van der Waals surface area contributed by atoms with Crippen LogP contribution in [0.1, 0.15) is 51.6 Å². The van der Waals surface area contributed by atoms with Gasteiger partial charge in [-0.1, -0.05) is 36.4 Å². The molecule has 3 aromatic carbocycles. The monoisotopic (exact) mass is 470 g/mol. The van der Waals surface area contributed by atoms with Gasteiger partial charge in [0.05, 0.1) is 16.5 Å². The average molecular weight is 471 g/mol. The molecule has 5 rings (SSSR count). The molecule has 0 saturated heterocycles. The number of carbonyl (C=O) groups excluding carboxylic acids is 4. The van der Waals surface area contributed by atoms with Crippen molar-refractivity contribution in [3.05, 3.63) is 89.0 Å². The molecule has 6 nitrogen and oxygen atoms in total. The smallest absolute Gasteiger partial charge is 0.237 e. The minimum Gasteiger partial charge on any atom is -0.326 e. The van der Waals surface area contributed by atoms with Crippen molar-refractivity contribution in [2.45, 2.75) is 29.9 Å². The Morgan fingerprint density at radius 1 is 0.824 bits per heavy atom. The molecule has 1 fully saturated rings. The van der Waals surface area contributed by atoms with Crippen molar-refractivity contribution in [2.75, 3.05) is 10.6 Å². The lowest BCUT2D eigenvalue weighted by Gasteiger charge is -2.21. The van der Waals surface area contributed by atoms with Crippen molar-refractivity contribution in [3.63, 3.8) is 0 Å². The molecule has 2 amide bonds. The van der Waals surface area contributed by atoms with Crippen molar-refractivity contribution in [1.29, 1.82) is 0 Å². The number of hydrogen-bond donors (Lipinski definition) is 2. The van der Waals surface area contributed by atoms with Gasteiger partial charge in [0.15, 0.2) is 11.6 Å². The van der Waals surface area contributed by atoms with E-state index in [-0.39, 0.29) is 34.9 Å². The molecule has 170 valence electrons. The highest BCUT2D eigenvalue weighted by Crippen LogP contribution is 2.33. The number of anilines is 2. The number of ketones is 2. The summed E-state index contributed by atoms with van der Waals surface area (Å²) in [5, 5.41) is 5.28. The topological polar surface area (TPSA) is 92.3 Å². The molecular formula is C27H22N2O4S. The van der Waals surface area contributed by atoms with E-state index >= 15 is 0 Å². The summed E-state index contributed by atoms with van der Waals surface area (Å²) in [6.45, 7) is 1.78. The Balaban J connectivity index is 1.29. The van der Waals surface area contributed by atoms with E-state index in [1.165, 1.54) is 11.8 Å². The van der Waals surface area contributed by atoms with Gasteiger partial charge < -0.3 is 10.6 Å². The third-order valence-corrected chi connectivity index (χ3v) is 7.07. The number of hydrogen-bond acceptors (Lipinski definition) is 5. The van der Waals surface area contributed by atoms with Crippen LogP contribution in [0.5, 0.6) is 0 Å². The molecule has 1 atom stereocenters. The predicted octanol–water partition coefficient (Wildman–Crippen LogP) is 4.93. The number of benzene rings is 3. The van der Waals surface area contributed by atoms with Gasteiger partial charge in [-0.05, 0) is 50.1 Å². The Labute approximate surface area is 201 Å². The first-order valence-electron chi connectivity index (χ1n) is 11.1. The quantitative estimate of drug-likeness (QED) is 0.390. The molecule has 7 heteroatoms. The molecule has 0 spiro atoms. The zero-order valence-electron chi connectivity index (χ0n) is 18.5. The van der Waals surface area contributed by atoms with Gasteiger partial charge in [0.2, 0.25) is 11.8 Å². The number of fused-ring (bicyclic) bond motifs is 2. The van der Waals surface area contributed by atoms with Gasteiger partial charge in [-0.3, -0.25) is 19.2 Å². The standard InChI is InChI=1S/C27H22N2O4S/c1-15(34-18-13-11-17(12-14-18)28-27(33)16-9-10-16)26(32)29-22-8-4-7-21-23(22)25(31)20-6-3-2-5-19(20)24(21)30/h2-8,11-16H,9-10H2,1H3,(H,28,33)(H,29,32). The SMILES string of the molecule is CC(Sc1ccc(NC(=O)C2CC2)cc1)C(=O)Nc1cccc2c1C(=O)c1ccccc1C2=O. The minimum atomic E-state index is -0.454. The zero-order valence-corrected chi connectivity index (χ0v) is 19.3. The molecule has 0 radical (unpaired) electrons. The normalized spacial score (nSPS) is 15.2. The number of rotatable bonds is 6. The lowest BCUT2D eigenvalue weighted by atomic mass is 9.83. The Kier molecular flexibility index (Phi) is 5.79. The summed E-state index contributed by atoms with van der Waals surface area (Å²) in [6, 6.07) is 19.0. The van der Waals surface area contributed by atoms with E-state index < -0.39 is 5.25 Å². The molecule has 0 aromatic heterocycles. The second kappa shape index (κ2) is 8.91. The van der Waals surface area contributed by atoms with Crippen LogP contribution in [0.4, 0.5) is 11.4 Å². The van der Waals surface area contributed by atoms with Gasteiger partial charge in [-0.2, -0.15) is 0 Å². The van der Waals surface area contributed by atoms with Crippen molar-refractivity contribution in [1.82, 2.24) is 0 Å². The lowest BCUT2D eigenvalue weighted by molar-refractivity contribution is -0.117. The molecule has 1 unspecified atom stereocenters. The van der Waals surface area contributed by atoms with Gasteiger partial charge in [-0.25, -0.2) is 0 Å². The summed E-state index contributed by atoms with van der Waals surface area (Å²) >= 11 is 1.37. The maximum Gasteiger partial charge on any atom is 0.237 e. The number of nitrogens with one attached hydrogen (secondary N) is 2. The van der Waals surface area contributed by atoms with E-state index in [4.69, 9.17) is 0 Å². The fourth-order valence-corrected chi connectivity index (χ4v) is 4.82. The minimum absolute atomic E-state index is 0.0509. The highest BCUT2D eigenvalue weighted by molar-refractivity contribution is 8.00. The van der Waals surface area contributed by atoms with Crippen LogP contribution in [0.3, 0.4) is 0 Å².